The van der Waals surface area contributed by atoms with Crippen LogP contribution < -0.4 is 9.80 Å². The summed E-state index contributed by atoms with van der Waals surface area (Å²) < 4.78 is 0. The summed E-state index contributed by atoms with van der Waals surface area (Å²) in [6.07, 6.45) is 11.7. The molecule has 1 fully saturated rings. The van der Waals surface area contributed by atoms with Crippen LogP contribution in [0.25, 0.3) is 0 Å². The van der Waals surface area contributed by atoms with Crippen LogP contribution >= 0.6 is 0 Å². The van der Waals surface area contributed by atoms with Crippen molar-refractivity contribution in [3.8, 4) is 11.5 Å². The highest BCUT2D eigenvalue weighted by molar-refractivity contribution is 5.65. The number of hydrogen-bond acceptors (Lipinski definition) is 7. The van der Waals surface area contributed by atoms with Gasteiger partial charge in [0.05, 0.1) is 4.92 Å². The number of nitrogens with zero attached hydrogens (tertiary/aromatic N) is 4. The SMILES string of the molecule is CC(C)c1ccc(N2CCCCC2)c([N+](=O)[O-])c1.CC(C)c1ccc(O)cc1O.CC(C)c1ccc[nH]1.CC(C)c1ccncc1.CCCCN1CC(C(C)C)c2ccccc21. The minimum absolute atomic E-state index is 0.104. The van der Waals surface area contributed by atoms with Gasteiger partial charge >= 0.3 is 0 Å². The van der Waals surface area contributed by atoms with Crippen molar-refractivity contribution in [2.75, 3.05) is 36.0 Å². The Labute approximate surface area is 373 Å². The van der Waals surface area contributed by atoms with E-state index in [1.165, 1.54) is 55.4 Å². The van der Waals surface area contributed by atoms with Gasteiger partial charge in [0.1, 0.15) is 17.2 Å². The Kier molecular flexibility index (Phi) is 21.6. The first kappa shape index (κ1) is 51.0. The summed E-state index contributed by atoms with van der Waals surface area (Å²) in [6, 6.07) is 27.5. The number of fused-ring (bicyclic) bond motifs is 1. The number of phenolic OH excluding ortho intramolecular Hbond substituents is 2. The molecule has 7 rings (SSSR count). The van der Waals surface area contributed by atoms with Crippen LogP contribution in [0.3, 0.4) is 0 Å². The van der Waals surface area contributed by atoms with Crippen LogP contribution in [-0.2, 0) is 0 Å². The Balaban J connectivity index is 0.000000214. The molecule has 5 aromatic rings. The molecule has 0 saturated carbocycles. The fourth-order valence-corrected chi connectivity index (χ4v) is 7.57. The van der Waals surface area contributed by atoms with Crippen molar-refractivity contribution >= 4 is 17.1 Å². The lowest BCUT2D eigenvalue weighted by Gasteiger charge is -2.28. The summed E-state index contributed by atoms with van der Waals surface area (Å²) in [5.41, 5.74) is 8.63. The van der Waals surface area contributed by atoms with E-state index < -0.39 is 0 Å². The van der Waals surface area contributed by atoms with Crippen LogP contribution in [0.1, 0.15) is 166 Å². The summed E-state index contributed by atoms with van der Waals surface area (Å²) in [6.45, 7) is 28.0. The van der Waals surface area contributed by atoms with E-state index >= 15 is 0 Å². The molecule has 1 saturated heterocycles. The van der Waals surface area contributed by atoms with Crippen molar-refractivity contribution < 1.29 is 15.1 Å². The molecule has 338 valence electrons. The van der Waals surface area contributed by atoms with Crippen LogP contribution in [0.4, 0.5) is 17.1 Å². The standard InChI is InChI=1S/C15H23N.C14H20N2O2.C9H12O2.C8H11N.C7H11N/c1-4-5-10-16-11-14(12(2)3)13-8-6-7-9-15(13)16;1-11(2)12-6-7-13(14(10-12)16(17)18)15-8-4-3-5-9-15;1-6(2)8-4-3-7(10)5-9(8)11;1-7(2)8-3-5-9-6-4-8;1-6(2)7-4-3-5-8-7/h6-9,12,14H,4-5,10-11H2,1-3H3;6-7,10-11H,3-5,8-9H2,1-2H3;3-6,10-11H,1-2H3;3-7H,1-2H3;3-6,8H,1-2H3. The van der Waals surface area contributed by atoms with E-state index in [9.17, 15) is 15.2 Å². The van der Waals surface area contributed by atoms with Gasteiger partial charge in [0.2, 0.25) is 0 Å². The number of anilines is 2. The van der Waals surface area contributed by atoms with E-state index in [4.69, 9.17) is 5.11 Å². The van der Waals surface area contributed by atoms with Crippen molar-refractivity contribution in [1.82, 2.24) is 9.97 Å². The fourth-order valence-electron chi connectivity index (χ4n) is 7.57. The van der Waals surface area contributed by atoms with Crippen molar-refractivity contribution in [2.24, 2.45) is 5.92 Å². The number of hydrogen-bond donors (Lipinski definition) is 3. The molecule has 3 N–H and O–H groups in total. The first-order valence-electron chi connectivity index (χ1n) is 23.0. The third-order valence-corrected chi connectivity index (χ3v) is 11.5. The molecular formula is C53H77N5O4. The van der Waals surface area contributed by atoms with Crippen molar-refractivity contribution in [2.45, 2.75) is 138 Å². The number of phenols is 2. The minimum atomic E-state index is -0.254. The third kappa shape index (κ3) is 16.2. The molecule has 2 aromatic heterocycles. The summed E-state index contributed by atoms with van der Waals surface area (Å²) in [5.74, 6) is 3.60. The van der Waals surface area contributed by atoms with E-state index in [0.717, 1.165) is 54.6 Å². The van der Waals surface area contributed by atoms with Gasteiger partial charge < -0.3 is 25.0 Å². The quantitative estimate of drug-likeness (QED) is 0.0946. The number of rotatable bonds is 10. The number of nitro groups is 1. The maximum Gasteiger partial charge on any atom is 0.292 e. The van der Waals surface area contributed by atoms with Gasteiger partial charge in [0.25, 0.3) is 5.69 Å². The maximum atomic E-state index is 11.2. The number of benzene rings is 3. The minimum Gasteiger partial charge on any atom is -0.508 e. The maximum absolute atomic E-state index is 11.2. The average molecular weight is 848 g/mol. The van der Waals surface area contributed by atoms with Gasteiger partial charge in [-0.15, -0.1) is 0 Å². The van der Waals surface area contributed by atoms with E-state index in [0.29, 0.717) is 17.8 Å². The smallest absolute Gasteiger partial charge is 0.292 e. The monoisotopic (exact) mass is 848 g/mol. The lowest BCUT2D eigenvalue weighted by Crippen LogP contribution is -2.29. The molecule has 0 aliphatic carbocycles. The highest BCUT2D eigenvalue weighted by Gasteiger charge is 2.29. The molecule has 0 radical (unpaired) electrons. The molecule has 4 heterocycles. The zero-order valence-corrected chi connectivity index (χ0v) is 39.6. The largest absolute Gasteiger partial charge is 0.508 e. The van der Waals surface area contributed by atoms with Gasteiger partial charge in [-0.05, 0) is 120 Å². The molecule has 1 atom stereocenters. The number of aromatic amines is 1. The van der Waals surface area contributed by atoms with Crippen LogP contribution in [0.2, 0.25) is 0 Å². The molecule has 1 unspecified atom stereocenters. The van der Waals surface area contributed by atoms with E-state index in [1.807, 2.05) is 62.8 Å². The summed E-state index contributed by atoms with van der Waals surface area (Å²) in [5, 5.41) is 29.5. The number of piperidine rings is 1. The van der Waals surface area contributed by atoms with E-state index in [2.05, 4.69) is 112 Å². The zero-order chi connectivity index (χ0) is 45.8. The molecule has 2 aliphatic rings. The Hall–Kier alpha value is -5.31. The van der Waals surface area contributed by atoms with Crippen molar-refractivity contribution in [3.63, 3.8) is 0 Å². The molecule has 2 aliphatic heterocycles. The van der Waals surface area contributed by atoms with Gasteiger partial charge in [-0.1, -0.05) is 113 Å². The second-order valence-corrected chi connectivity index (χ2v) is 18.0. The summed E-state index contributed by atoms with van der Waals surface area (Å²) in [4.78, 5) is 22.7. The first-order chi connectivity index (χ1) is 29.5. The van der Waals surface area contributed by atoms with Crippen LogP contribution in [0.5, 0.6) is 11.5 Å². The lowest BCUT2D eigenvalue weighted by molar-refractivity contribution is -0.384. The van der Waals surface area contributed by atoms with Gasteiger partial charge in [-0.3, -0.25) is 15.1 Å². The van der Waals surface area contributed by atoms with Crippen LogP contribution in [-0.4, -0.2) is 51.3 Å². The third-order valence-electron chi connectivity index (χ3n) is 11.5. The molecule has 0 bridgehead atoms. The predicted molar refractivity (Wildman–Crippen MR) is 261 cm³/mol. The second-order valence-electron chi connectivity index (χ2n) is 18.0. The number of aromatic nitrogens is 2. The summed E-state index contributed by atoms with van der Waals surface area (Å²) >= 11 is 0. The number of nitrogens with one attached hydrogen (secondary N) is 1. The fraction of sp³-hybridized carbons (Fsp3) is 0.491. The van der Waals surface area contributed by atoms with E-state index in [1.54, 1.807) is 23.8 Å². The molecule has 3 aromatic carbocycles. The topological polar surface area (TPSA) is 119 Å². The Bertz CT molecular complexity index is 2000. The Morgan fingerprint density at radius 2 is 1.40 bits per heavy atom. The molecule has 0 amide bonds. The summed E-state index contributed by atoms with van der Waals surface area (Å²) in [7, 11) is 0. The lowest BCUT2D eigenvalue weighted by atomic mass is 9.90. The predicted octanol–water partition coefficient (Wildman–Crippen LogP) is 14.3. The molecule has 9 heteroatoms. The number of pyridine rings is 1. The van der Waals surface area contributed by atoms with Gasteiger partial charge in [-0.25, -0.2) is 0 Å². The van der Waals surface area contributed by atoms with E-state index in [-0.39, 0.29) is 28.0 Å². The van der Waals surface area contributed by atoms with Gasteiger partial charge in [0.15, 0.2) is 0 Å². The highest BCUT2D eigenvalue weighted by Crippen LogP contribution is 2.40. The second kappa shape index (κ2) is 26.2. The van der Waals surface area contributed by atoms with Crippen molar-refractivity contribution in [3.05, 3.63) is 142 Å². The number of para-hydroxylation sites is 1. The highest BCUT2D eigenvalue weighted by atomic mass is 16.6. The zero-order valence-electron chi connectivity index (χ0n) is 39.6. The molecular weight excluding hydrogens is 771 g/mol. The number of aromatic hydroxyl groups is 2. The number of nitro benzene ring substituents is 1. The number of H-pyrrole nitrogens is 1. The van der Waals surface area contributed by atoms with Gasteiger partial charge in [0, 0.05) is 74.2 Å². The number of unbranched alkanes of at least 4 members (excludes halogenated alkanes) is 1. The molecule has 9 nitrogen and oxygen atoms in total. The van der Waals surface area contributed by atoms with Gasteiger partial charge in [-0.2, -0.15) is 0 Å². The Morgan fingerprint density at radius 3 is 1.90 bits per heavy atom. The average Bonchev–Trinajstić information content (AvgIpc) is 3.94. The van der Waals surface area contributed by atoms with Crippen LogP contribution in [0, 0.1) is 16.0 Å². The van der Waals surface area contributed by atoms with Crippen molar-refractivity contribution in [1.29, 1.82) is 0 Å². The molecule has 0 spiro atoms. The first-order valence-corrected chi connectivity index (χ1v) is 23.0. The molecule has 62 heavy (non-hydrogen) atoms. The Morgan fingerprint density at radius 1 is 0.742 bits per heavy atom. The van der Waals surface area contributed by atoms with Crippen LogP contribution in [0.15, 0.2) is 104 Å². The normalized spacial score (nSPS) is 14.3.